The Morgan fingerprint density at radius 1 is 1.47 bits per heavy atom. The van der Waals surface area contributed by atoms with Gasteiger partial charge in [0.05, 0.1) is 5.60 Å². The number of likely N-dealkylation sites (N-methyl/N-ethyl adjacent to an activating group) is 1. The summed E-state index contributed by atoms with van der Waals surface area (Å²) in [5.41, 5.74) is -0.214. The summed E-state index contributed by atoms with van der Waals surface area (Å²) >= 11 is 0. The Balaban J connectivity index is 2.76. The molecule has 0 amide bonds. The van der Waals surface area contributed by atoms with E-state index in [4.69, 9.17) is 4.74 Å². The van der Waals surface area contributed by atoms with Crippen molar-refractivity contribution < 1.29 is 4.74 Å². The highest BCUT2D eigenvalue weighted by atomic mass is 16.5. The van der Waals surface area contributed by atoms with E-state index < -0.39 is 0 Å². The van der Waals surface area contributed by atoms with Crippen LogP contribution in [0.25, 0.3) is 0 Å². The van der Waals surface area contributed by atoms with E-state index in [0.717, 1.165) is 18.8 Å². The van der Waals surface area contributed by atoms with Gasteiger partial charge >= 0.3 is 0 Å². The lowest BCUT2D eigenvalue weighted by Crippen LogP contribution is -2.49. The molecular weight excluding hydrogens is 216 g/mol. The number of aryl methyl sites for hydroxylation is 1. The van der Waals surface area contributed by atoms with E-state index in [1.54, 1.807) is 6.33 Å². The van der Waals surface area contributed by atoms with Crippen LogP contribution in [0, 0.1) is 0 Å². The summed E-state index contributed by atoms with van der Waals surface area (Å²) in [6.07, 6.45) is 2.43. The molecule has 0 saturated carbocycles. The second kappa shape index (κ2) is 6.12. The fourth-order valence-electron chi connectivity index (χ4n) is 2.06. The highest BCUT2D eigenvalue weighted by Crippen LogP contribution is 2.17. The molecule has 5 heteroatoms. The van der Waals surface area contributed by atoms with Crippen molar-refractivity contribution in [1.82, 2.24) is 20.1 Å². The van der Waals surface area contributed by atoms with Gasteiger partial charge in [-0.25, -0.2) is 4.98 Å². The number of aromatic nitrogens is 3. The van der Waals surface area contributed by atoms with Crippen LogP contribution < -0.4 is 5.32 Å². The Morgan fingerprint density at radius 2 is 2.18 bits per heavy atom. The maximum atomic E-state index is 5.78. The predicted octanol–water partition coefficient (Wildman–Crippen LogP) is 1.24. The molecule has 1 heterocycles. The minimum atomic E-state index is -0.214. The molecule has 17 heavy (non-hydrogen) atoms. The SMILES string of the molecule is CCOC(C)(C)C(Cc1ncnn1CC)NC. The molecule has 1 aromatic rings. The third-order valence-electron chi connectivity index (χ3n) is 3.09. The van der Waals surface area contributed by atoms with Crippen LogP contribution in [0.15, 0.2) is 6.33 Å². The number of nitrogens with one attached hydrogen (secondary N) is 1. The molecule has 0 saturated heterocycles. The highest BCUT2D eigenvalue weighted by Gasteiger charge is 2.30. The molecule has 98 valence electrons. The summed E-state index contributed by atoms with van der Waals surface area (Å²) in [6.45, 7) is 9.85. The van der Waals surface area contributed by atoms with Crippen LogP contribution in [0.4, 0.5) is 0 Å². The first kappa shape index (κ1) is 14.1. The van der Waals surface area contributed by atoms with Crippen LogP contribution >= 0.6 is 0 Å². The van der Waals surface area contributed by atoms with Crippen LogP contribution in [0.2, 0.25) is 0 Å². The number of rotatable bonds is 7. The predicted molar refractivity (Wildman–Crippen MR) is 68.0 cm³/mol. The van der Waals surface area contributed by atoms with Gasteiger partial charge in [0.2, 0.25) is 0 Å². The first-order chi connectivity index (χ1) is 8.05. The monoisotopic (exact) mass is 240 g/mol. The number of nitrogens with zero attached hydrogens (tertiary/aromatic N) is 3. The van der Waals surface area contributed by atoms with Crippen molar-refractivity contribution in [3.63, 3.8) is 0 Å². The molecular formula is C12H24N4O. The van der Waals surface area contributed by atoms with Crippen molar-refractivity contribution in [3.05, 3.63) is 12.2 Å². The maximum Gasteiger partial charge on any atom is 0.138 e. The van der Waals surface area contributed by atoms with E-state index in [1.807, 2.05) is 18.7 Å². The zero-order valence-electron chi connectivity index (χ0n) is 11.5. The topological polar surface area (TPSA) is 52.0 Å². The number of ether oxygens (including phenoxy) is 1. The van der Waals surface area contributed by atoms with Gasteiger partial charge in [0.25, 0.3) is 0 Å². The number of hydrogen-bond donors (Lipinski definition) is 1. The Bertz CT molecular complexity index is 335. The Kier molecular flexibility index (Phi) is 5.08. The van der Waals surface area contributed by atoms with Crippen LogP contribution in [-0.2, 0) is 17.7 Å². The molecule has 1 atom stereocenters. The van der Waals surface area contributed by atoms with Gasteiger partial charge < -0.3 is 10.1 Å². The zero-order valence-corrected chi connectivity index (χ0v) is 11.5. The largest absolute Gasteiger partial charge is 0.374 e. The molecule has 0 bridgehead atoms. The molecule has 0 spiro atoms. The average Bonchev–Trinajstić information content (AvgIpc) is 2.72. The summed E-state index contributed by atoms with van der Waals surface area (Å²) < 4.78 is 7.71. The van der Waals surface area contributed by atoms with Crippen molar-refractivity contribution in [3.8, 4) is 0 Å². The van der Waals surface area contributed by atoms with Gasteiger partial charge in [-0.1, -0.05) is 0 Å². The van der Waals surface area contributed by atoms with Gasteiger partial charge in [-0.3, -0.25) is 4.68 Å². The standard InChI is InChI=1S/C12H24N4O/c1-6-16-11(14-9-15-16)8-10(13-5)12(3,4)17-7-2/h9-10,13H,6-8H2,1-5H3. The van der Waals surface area contributed by atoms with E-state index >= 15 is 0 Å². The Hall–Kier alpha value is -0.940. The third-order valence-corrected chi connectivity index (χ3v) is 3.09. The minimum absolute atomic E-state index is 0.214. The molecule has 0 aliphatic heterocycles. The lowest BCUT2D eigenvalue weighted by atomic mass is 9.95. The summed E-state index contributed by atoms with van der Waals surface area (Å²) in [5, 5.41) is 7.50. The molecule has 0 aliphatic carbocycles. The third kappa shape index (κ3) is 3.51. The van der Waals surface area contributed by atoms with E-state index in [0.29, 0.717) is 6.61 Å². The van der Waals surface area contributed by atoms with Crippen molar-refractivity contribution >= 4 is 0 Å². The molecule has 0 aliphatic rings. The number of hydrogen-bond acceptors (Lipinski definition) is 4. The van der Waals surface area contributed by atoms with Gasteiger partial charge in [-0.2, -0.15) is 5.10 Å². The van der Waals surface area contributed by atoms with Crippen molar-refractivity contribution in [2.45, 2.75) is 52.3 Å². The van der Waals surface area contributed by atoms with Gasteiger partial charge in [0.1, 0.15) is 12.2 Å². The molecule has 1 unspecified atom stereocenters. The van der Waals surface area contributed by atoms with Gasteiger partial charge in [0, 0.05) is 25.6 Å². The van der Waals surface area contributed by atoms with Crippen LogP contribution in [0.5, 0.6) is 0 Å². The zero-order chi connectivity index (χ0) is 12.9. The highest BCUT2D eigenvalue weighted by molar-refractivity contribution is 4.96. The van der Waals surface area contributed by atoms with E-state index in [9.17, 15) is 0 Å². The van der Waals surface area contributed by atoms with Crippen molar-refractivity contribution in [2.75, 3.05) is 13.7 Å². The van der Waals surface area contributed by atoms with E-state index in [2.05, 4.69) is 36.2 Å². The normalized spacial score (nSPS) is 13.9. The van der Waals surface area contributed by atoms with E-state index in [-0.39, 0.29) is 11.6 Å². The summed E-state index contributed by atoms with van der Waals surface area (Å²) in [5.74, 6) is 1.000. The quantitative estimate of drug-likeness (QED) is 0.779. The smallest absolute Gasteiger partial charge is 0.138 e. The molecule has 1 rings (SSSR count). The van der Waals surface area contributed by atoms with Gasteiger partial charge in [0.15, 0.2) is 0 Å². The first-order valence-corrected chi connectivity index (χ1v) is 6.23. The average molecular weight is 240 g/mol. The van der Waals surface area contributed by atoms with Gasteiger partial charge in [-0.15, -0.1) is 0 Å². The van der Waals surface area contributed by atoms with Crippen molar-refractivity contribution in [1.29, 1.82) is 0 Å². The molecule has 1 aromatic heterocycles. The van der Waals surface area contributed by atoms with Crippen LogP contribution in [-0.4, -0.2) is 40.1 Å². The summed E-state index contributed by atoms with van der Waals surface area (Å²) in [4.78, 5) is 4.30. The first-order valence-electron chi connectivity index (χ1n) is 6.23. The van der Waals surface area contributed by atoms with Crippen LogP contribution in [0.1, 0.15) is 33.5 Å². The van der Waals surface area contributed by atoms with Crippen molar-refractivity contribution in [2.24, 2.45) is 0 Å². The van der Waals surface area contributed by atoms with Crippen LogP contribution in [0.3, 0.4) is 0 Å². The Labute approximate surface area is 104 Å². The second-order valence-corrected chi connectivity index (χ2v) is 4.57. The molecule has 0 fully saturated rings. The fraction of sp³-hybridized carbons (Fsp3) is 0.833. The summed E-state index contributed by atoms with van der Waals surface area (Å²) in [6, 6.07) is 0.219. The fourth-order valence-corrected chi connectivity index (χ4v) is 2.06. The molecule has 1 N–H and O–H groups in total. The lowest BCUT2D eigenvalue weighted by Gasteiger charge is -2.33. The molecule has 0 radical (unpaired) electrons. The Morgan fingerprint density at radius 3 is 2.71 bits per heavy atom. The maximum absolute atomic E-state index is 5.78. The summed E-state index contributed by atoms with van der Waals surface area (Å²) in [7, 11) is 1.96. The molecule has 0 aromatic carbocycles. The minimum Gasteiger partial charge on any atom is -0.374 e. The second-order valence-electron chi connectivity index (χ2n) is 4.57. The molecule has 5 nitrogen and oxygen atoms in total. The lowest BCUT2D eigenvalue weighted by molar-refractivity contribution is -0.0369. The van der Waals surface area contributed by atoms with E-state index in [1.165, 1.54) is 0 Å². The van der Waals surface area contributed by atoms with Gasteiger partial charge in [-0.05, 0) is 34.7 Å².